The maximum atomic E-state index is 4.36. The zero-order valence-electron chi connectivity index (χ0n) is 15.0. The van der Waals surface area contributed by atoms with Gasteiger partial charge in [-0.1, -0.05) is 110 Å². The molecule has 21 heavy (non-hydrogen) atoms. The van der Waals surface area contributed by atoms with Crippen molar-refractivity contribution in [3.63, 3.8) is 0 Å². The van der Waals surface area contributed by atoms with Gasteiger partial charge in [-0.05, 0) is 18.1 Å². The zero-order valence-corrected chi connectivity index (χ0v) is 15.9. The SMILES string of the molecule is CCCCCCCCCCCCCCCC(CC)CCS. The second-order valence-corrected chi connectivity index (χ2v) is 7.27. The lowest BCUT2D eigenvalue weighted by molar-refractivity contribution is 0.428. The zero-order chi connectivity index (χ0) is 15.6. The van der Waals surface area contributed by atoms with E-state index in [4.69, 9.17) is 0 Å². The topological polar surface area (TPSA) is 0 Å². The fourth-order valence-electron chi connectivity index (χ4n) is 3.19. The average Bonchev–Trinajstić information content (AvgIpc) is 2.50. The molecule has 0 bridgehead atoms. The Morgan fingerprint density at radius 3 is 1.38 bits per heavy atom. The first kappa shape index (κ1) is 21.4. The summed E-state index contributed by atoms with van der Waals surface area (Å²) in [6.45, 7) is 4.62. The molecular weight excluding hydrogens is 272 g/mol. The van der Waals surface area contributed by atoms with E-state index in [9.17, 15) is 0 Å². The molecule has 1 unspecified atom stereocenters. The van der Waals surface area contributed by atoms with E-state index < -0.39 is 0 Å². The van der Waals surface area contributed by atoms with Crippen molar-refractivity contribution in [1.82, 2.24) is 0 Å². The summed E-state index contributed by atoms with van der Waals surface area (Å²) in [7, 11) is 0. The quantitative estimate of drug-likeness (QED) is 0.205. The summed E-state index contributed by atoms with van der Waals surface area (Å²) < 4.78 is 0. The Bertz CT molecular complexity index is 179. The van der Waals surface area contributed by atoms with Gasteiger partial charge >= 0.3 is 0 Å². The average molecular weight is 315 g/mol. The Morgan fingerprint density at radius 1 is 0.571 bits per heavy atom. The van der Waals surface area contributed by atoms with Crippen molar-refractivity contribution in [3.05, 3.63) is 0 Å². The first-order chi connectivity index (χ1) is 10.3. The molecule has 0 nitrogen and oxygen atoms in total. The van der Waals surface area contributed by atoms with Crippen molar-refractivity contribution in [1.29, 1.82) is 0 Å². The van der Waals surface area contributed by atoms with Gasteiger partial charge in [0.25, 0.3) is 0 Å². The van der Waals surface area contributed by atoms with Gasteiger partial charge in [-0.2, -0.15) is 12.6 Å². The molecule has 0 aliphatic carbocycles. The van der Waals surface area contributed by atoms with Crippen LogP contribution in [0.4, 0.5) is 0 Å². The molecular formula is C20H42S. The van der Waals surface area contributed by atoms with Gasteiger partial charge in [0.05, 0.1) is 0 Å². The highest BCUT2D eigenvalue weighted by atomic mass is 32.1. The molecule has 0 saturated carbocycles. The third kappa shape index (κ3) is 16.5. The highest BCUT2D eigenvalue weighted by molar-refractivity contribution is 7.80. The van der Waals surface area contributed by atoms with Crippen LogP contribution >= 0.6 is 12.6 Å². The summed E-state index contributed by atoms with van der Waals surface area (Å²) in [6, 6.07) is 0. The highest BCUT2D eigenvalue weighted by Crippen LogP contribution is 2.19. The molecule has 1 heteroatoms. The third-order valence-corrected chi connectivity index (χ3v) is 5.09. The third-order valence-electron chi connectivity index (χ3n) is 4.83. The molecule has 0 aliphatic heterocycles. The van der Waals surface area contributed by atoms with Crippen LogP contribution in [-0.2, 0) is 0 Å². The van der Waals surface area contributed by atoms with Crippen LogP contribution < -0.4 is 0 Å². The molecule has 0 saturated heterocycles. The first-order valence-electron chi connectivity index (χ1n) is 9.96. The molecule has 128 valence electrons. The van der Waals surface area contributed by atoms with Crippen LogP contribution in [-0.4, -0.2) is 5.75 Å². The lowest BCUT2D eigenvalue weighted by atomic mass is 9.95. The van der Waals surface area contributed by atoms with E-state index in [0.717, 1.165) is 11.7 Å². The fourth-order valence-corrected chi connectivity index (χ4v) is 3.55. The molecule has 0 aromatic rings. The number of rotatable bonds is 17. The van der Waals surface area contributed by atoms with Crippen LogP contribution in [0.25, 0.3) is 0 Å². The van der Waals surface area contributed by atoms with Gasteiger partial charge in [0.1, 0.15) is 0 Å². The fraction of sp³-hybridized carbons (Fsp3) is 1.00. The largest absolute Gasteiger partial charge is 0.179 e. The molecule has 1 atom stereocenters. The van der Waals surface area contributed by atoms with Gasteiger partial charge in [-0.3, -0.25) is 0 Å². The normalized spacial score (nSPS) is 12.7. The van der Waals surface area contributed by atoms with E-state index in [0.29, 0.717) is 0 Å². The van der Waals surface area contributed by atoms with Crippen molar-refractivity contribution < 1.29 is 0 Å². The van der Waals surface area contributed by atoms with Gasteiger partial charge in [0, 0.05) is 0 Å². The summed E-state index contributed by atoms with van der Waals surface area (Å²) in [4.78, 5) is 0. The Balaban J connectivity index is 3.08. The van der Waals surface area contributed by atoms with Gasteiger partial charge in [-0.25, -0.2) is 0 Å². The van der Waals surface area contributed by atoms with Gasteiger partial charge in [0.15, 0.2) is 0 Å². The van der Waals surface area contributed by atoms with E-state index >= 15 is 0 Å². The summed E-state index contributed by atoms with van der Waals surface area (Å²) >= 11 is 4.36. The Labute approximate surface area is 141 Å². The predicted molar refractivity (Wildman–Crippen MR) is 103 cm³/mol. The van der Waals surface area contributed by atoms with Crippen LogP contribution in [0.3, 0.4) is 0 Å². The lowest BCUT2D eigenvalue weighted by Gasteiger charge is -2.12. The predicted octanol–water partition coefficient (Wildman–Crippen LogP) is 7.81. The minimum absolute atomic E-state index is 0.940. The first-order valence-corrected chi connectivity index (χ1v) is 10.6. The molecule has 0 spiro atoms. The summed E-state index contributed by atoms with van der Waals surface area (Å²) in [5.41, 5.74) is 0. The minimum Gasteiger partial charge on any atom is -0.179 e. The molecule has 0 radical (unpaired) electrons. The maximum absolute atomic E-state index is 4.36. The molecule has 0 rings (SSSR count). The van der Waals surface area contributed by atoms with Crippen molar-refractivity contribution in [2.75, 3.05) is 5.75 Å². The van der Waals surface area contributed by atoms with Gasteiger partial charge < -0.3 is 0 Å². The second-order valence-electron chi connectivity index (χ2n) is 6.82. The Hall–Kier alpha value is 0.350. The van der Waals surface area contributed by atoms with Crippen molar-refractivity contribution in [3.8, 4) is 0 Å². The van der Waals surface area contributed by atoms with E-state index in [2.05, 4.69) is 26.5 Å². The van der Waals surface area contributed by atoms with E-state index in [1.165, 1.54) is 103 Å². The molecule has 0 N–H and O–H groups in total. The summed E-state index contributed by atoms with van der Waals surface area (Å²) in [6.07, 6.45) is 23.1. The second kappa shape index (κ2) is 18.4. The molecule has 0 aromatic carbocycles. The Kier molecular flexibility index (Phi) is 18.7. The molecule has 0 aliphatic rings. The van der Waals surface area contributed by atoms with E-state index in [-0.39, 0.29) is 0 Å². The summed E-state index contributed by atoms with van der Waals surface area (Å²) in [5.74, 6) is 2.01. The molecule has 0 fully saturated rings. The van der Waals surface area contributed by atoms with E-state index in [1.807, 2.05) is 0 Å². The number of unbranched alkanes of at least 4 members (excludes halogenated alkanes) is 12. The van der Waals surface area contributed by atoms with Crippen LogP contribution in [0.15, 0.2) is 0 Å². The molecule has 0 heterocycles. The van der Waals surface area contributed by atoms with Crippen molar-refractivity contribution >= 4 is 12.6 Å². The van der Waals surface area contributed by atoms with Crippen LogP contribution in [0.5, 0.6) is 0 Å². The Morgan fingerprint density at radius 2 is 1.00 bits per heavy atom. The number of hydrogen-bond acceptors (Lipinski definition) is 1. The van der Waals surface area contributed by atoms with E-state index in [1.54, 1.807) is 0 Å². The standard InChI is InChI=1S/C20H42S/c1-3-5-6-7-8-9-10-11-12-13-14-15-16-17-20(4-2)18-19-21/h20-21H,3-19H2,1-2H3. The van der Waals surface area contributed by atoms with Crippen LogP contribution in [0.1, 0.15) is 117 Å². The minimum atomic E-state index is 0.940. The monoisotopic (exact) mass is 314 g/mol. The number of thiol groups is 1. The van der Waals surface area contributed by atoms with Gasteiger partial charge in [0.2, 0.25) is 0 Å². The van der Waals surface area contributed by atoms with Crippen molar-refractivity contribution in [2.24, 2.45) is 5.92 Å². The molecule has 0 aromatic heterocycles. The van der Waals surface area contributed by atoms with Crippen molar-refractivity contribution in [2.45, 2.75) is 117 Å². The number of hydrogen-bond donors (Lipinski definition) is 1. The van der Waals surface area contributed by atoms with Crippen LogP contribution in [0, 0.1) is 5.92 Å². The van der Waals surface area contributed by atoms with Gasteiger partial charge in [-0.15, -0.1) is 0 Å². The smallest absolute Gasteiger partial charge is 0.00953 e. The highest BCUT2D eigenvalue weighted by Gasteiger charge is 2.04. The molecule has 0 amide bonds. The van der Waals surface area contributed by atoms with Crippen LogP contribution in [0.2, 0.25) is 0 Å². The summed E-state index contributed by atoms with van der Waals surface area (Å²) in [5, 5.41) is 0. The maximum Gasteiger partial charge on any atom is -0.00953 e. The lowest BCUT2D eigenvalue weighted by Crippen LogP contribution is -1.99.